The predicted octanol–water partition coefficient (Wildman–Crippen LogP) is 1.72. The number of H-pyrrole nitrogens is 1. The van der Waals surface area contributed by atoms with Gasteiger partial charge in [0, 0.05) is 11.8 Å². The van der Waals surface area contributed by atoms with Gasteiger partial charge in [0.05, 0.1) is 24.1 Å². The lowest BCUT2D eigenvalue weighted by Crippen LogP contribution is -2.36. The van der Waals surface area contributed by atoms with E-state index in [1.165, 1.54) is 0 Å². The molecule has 0 aliphatic heterocycles. The predicted molar refractivity (Wildman–Crippen MR) is 72.8 cm³/mol. The zero-order valence-electron chi connectivity index (χ0n) is 11.8. The van der Waals surface area contributed by atoms with Crippen molar-refractivity contribution in [3.8, 4) is 0 Å². The van der Waals surface area contributed by atoms with E-state index < -0.39 is 17.8 Å². The molecule has 1 heterocycles. The molecule has 6 heteroatoms. The van der Waals surface area contributed by atoms with Crippen LogP contribution in [0.15, 0.2) is 12.4 Å². The normalized spacial score (nSPS) is 27.2. The number of carboxylic acids is 1. The van der Waals surface area contributed by atoms with Crippen LogP contribution in [-0.4, -0.2) is 27.2 Å². The second kappa shape index (κ2) is 6.07. The molecule has 2 rings (SSSR count). The number of carbonyl (C=O) groups excluding carboxylic acids is 1. The number of aromatic nitrogens is 2. The monoisotopic (exact) mass is 279 g/mol. The van der Waals surface area contributed by atoms with Crippen LogP contribution in [-0.2, 0) is 9.59 Å². The summed E-state index contributed by atoms with van der Waals surface area (Å²) in [4.78, 5) is 23.6. The lowest BCUT2D eigenvalue weighted by Gasteiger charge is -2.19. The minimum absolute atomic E-state index is 0.165. The summed E-state index contributed by atoms with van der Waals surface area (Å²) in [5.41, 5.74) is 0.885. The average Bonchev–Trinajstić information content (AvgIpc) is 3.07. The van der Waals surface area contributed by atoms with Gasteiger partial charge < -0.3 is 10.4 Å². The van der Waals surface area contributed by atoms with E-state index in [-0.39, 0.29) is 11.9 Å². The molecule has 1 fully saturated rings. The molecule has 0 spiro atoms. The summed E-state index contributed by atoms with van der Waals surface area (Å²) < 4.78 is 0. The summed E-state index contributed by atoms with van der Waals surface area (Å²) in [6, 6.07) is -0.170. The topological polar surface area (TPSA) is 95.1 Å². The van der Waals surface area contributed by atoms with Crippen LogP contribution in [0.3, 0.4) is 0 Å². The highest BCUT2D eigenvalue weighted by molar-refractivity contribution is 5.85. The first-order chi connectivity index (χ1) is 9.52. The van der Waals surface area contributed by atoms with Crippen molar-refractivity contribution in [3.05, 3.63) is 18.0 Å². The molecule has 6 nitrogen and oxygen atoms in total. The Hall–Kier alpha value is -1.85. The van der Waals surface area contributed by atoms with Crippen LogP contribution in [0.1, 0.15) is 44.7 Å². The van der Waals surface area contributed by atoms with Gasteiger partial charge in [-0.25, -0.2) is 0 Å². The van der Waals surface area contributed by atoms with Gasteiger partial charge in [0.25, 0.3) is 0 Å². The lowest BCUT2D eigenvalue weighted by molar-refractivity contribution is -0.146. The van der Waals surface area contributed by atoms with Crippen molar-refractivity contribution in [2.45, 2.75) is 39.2 Å². The number of carbonyl (C=O) groups is 2. The summed E-state index contributed by atoms with van der Waals surface area (Å²) in [6.07, 6.45) is 5.57. The summed E-state index contributed by atoms with van der Waals surface area (Å²) in [5, 5.41) is 18.7. The third-order valence-corrected chi connectivity index (χ3v) is 4.27. The fourth-order valence-corrected chi connectivity index (χ4v) is 2.94. The fourth-order valence-electron chi connectivity index (χ4n) is 2.94. The van der Waals surface area contributed by atoms with Crippen molar-refractivity contribution in [3.63, 3.8) is 0 Å². The summed E-state index contributed by atoms with van der Waals surface area (Å²) >= 11 is 0. The Bertz CT molecular complexity index is 472. The van der Waals surface area contributed by atoms with Gasteiger partial charge in [0.2, 0.25) is 5.91 Å². The van der Waals surface area contributed by atoms with E-state index in [2.05, 4.69) is 15.5 Å². The van der Waals surface area contributed by atoms with E-state index in [1.54, 1.807) is 12.4 Å². The SMILES string of the molecule is CCC1CC(C(=O)O)C(C(=O)NC(C)c2cn[nH]c2)C1. The van der Waals surface area contributed by atoms with E-state index in [0.29, 0.717) is 18.8 Å². The van der Waals surface area contributed by atoms with E-state index in [0.717, 1.165) is 12.0 Å². The number of rotatable bonds is 5. The zero-order valence-corrected chi connectivity index (χ0v) is 11.8. The second-order valence-corrected chi connectivity index (χ2v) is 5.56. The quantitative estimate of drug-likeness (QED) is 0.764. The van der Waals surface area contributed by atoms with E-state index in [4.69, 9.17) is 0 Å². The maximum atomic E-state index is 12.3. The van der Waals surface area contributed by atoms with Crippen molar-refractivity contribution >= 4 is 11.9 Å². The number of aliphatic carboxylic acids is 1. The molecule has 0 radical (unpaired) electrons. The molecule has 20 heavy (non-hydrogen) atoms. The van der Waals surface area contributed by atoms with Crippen LogP contribution < -0.4 is 5.32 Å². The number of aromatic amines is 1. The van der Waals surface area contributed by atoms with Crippen molar-refractivity contribution in [2.24, 2.45) is 17.8 Å². The van der Waals surface area contributed by atoms with Crippen LogP contribution in [0, 0.1) is 17.8 Å². The van der Waals surface area contributed by atoms with Crippen LogP contribution in [0.2, 0.25) is 0 Å². The minimum Gasteiger partial charge on any atom is -0.481 e. The lowest BCUT2D eigenvalue weighted by atomic mass is 9.95. The van der Waals surface area contributed by atoms with E-state index in [9.17, 15) is 14.7 Å². The van der Waals surface area contributed by atoms with Gasteiger partial charge in [-0.1, -0.05) is 13.3 Å². The molecule has 0 bridgehead atoms. The highest BCUT2D eigenvalue weighted by atomic mass is 16.4. The van der Waals surface area contributed by atoms with E-state index in [1.807, 2.05) is 13.8 Å². The Balaban J connectivity index is 2.02. The highest BCUT2D eigenvalue weighted by Crippen LogP contribution is 2.38. The Kier molecular flexibility index (Phi) is 4.42. The maximum absolute atomic E-state index is 12.3. The minimum atomic E-state index is -0.864. The van der Waals surface area contributed by atoms with Crippen LogP contribution >= 0.6 is 0 Å². The molecule has 1 aliphatic carbocycles. The van der Waals surface area contributed by atoms with Gasteiger partial charge in [-0.15, -0.1) is 0 Å². The molecule has 4 atom stereocenters. The maximum Gasteiger partial charge on any atom is 0.307 e. The van der Waals surface area contributed by atoms with Gasteiger partial charge >= 0.3 is 5.97 Å². The second-order valence-electron chi connectivity index (χ2n) is 5.56. The molecule has 3 N–H and O–H groups in total. The van der Waals surface area contributed by atoms with Crippen LogP contribution in [0.25, 0.3) is 0 Å². The molecular formula is C14H21N3O3. The highest BCUT2D eigenvalue weighted by Gasteiger charge is 2.42. The first-order valence-electron chi connectivity index (χ1n) is 7.04. The molecule has 1 amide bonds. The zero-order chi connectivity index (χ0) is 14.7. The summed E-state index contributed by atoms with van der Waals surface area (Å²) in [6.45, 7) is 3.91. The van der Waals surface area contributed by atoms with Crippen LogP contribution in [0.5, 0.6) is 0 Å². The van der Waals surface area contributed by atoms with Gasteiger partial charge in [-0.3, -0.25) is 14.7 Å². The fraction of sp³-hybridized carbons (Fsp3) is 0.643. The van der Waals surface area contributed by atoms with Crippen molar-refractivity contribution in [2.75, 3.05) is 0 Å². The van der Waals surface area contributed by atoms with Crippen LogP contribution in [0.4, 0.5) is 0 Å². The van der Waals surface area contributed by atoms with Gasteiger partial charge in [0.15, 0.2) is 0 Å². The Morgan fingerprint density at radius 2 is 2.20 bits per heavy atom. The van der Waals surface area contributed by atoms with Gasteiger partial charge in [-0.2, -0.15) is 5.10 Å². The number of hydrogen-bond donors (Lipinski definition) is 3. The molecular weight excluding hydrogens is 258 g/mol. The van der Waals surface area contributed by atoms with Crippen molar-refractivity contribution < 1.29 is 14.7 Å². The molecule has 1 aliphatic rings. The molecule has 4 unspecified atom stereocenters. The van der Waals surface area contributed by atoms with Gasteiger partial charge in [0.1, 0.15) is 0 Å². The van der Waals surface area contributed by atoms with E-state index >= 15 is 0 Å². The van der Waals surface area contributed by atoms with Crippen molar-refractivity contribution in [1.29, 1.82) is 0 Å². The average molecular weight is 279 g/mol. The molecule has 1 aromatic heterocycles. The molecule has 0 aromatic carbocycles. The largest absolute Gasteiger partial charge is 0.481 e. The summed E-state index contributed by atoms with van der Waals surface area (Å²) in [7, 11) is 0. The number of hydrogen-bond acceptors (Lipinski definition) is 3. The first kappa shape index (κ1) is 14.6. The van der Waals surface area contributed by atoms with Crippen molar-refractivity contribution in [1.82, 2.24) is 15.5 Å². The molecule has 110 valence electrons. The number of carboxylic acid groups (broad SMARTS) is 1. The first-order valence-corrected chi connectivity index (χ1v) is 7.04. The third kappa shape index (κ3) is 3.00. The number of nitrogens with one attached hydrogen (secondary N) is 2. The Labute approximate surface area is 118 Å². The number of nitrogens with zero attached hydrogens (tertiary/aromatic N) is 1. The Morgan fingerprint density at radius 1 is 1.50 bits per heavy atom. The standard InChI is InChI=1S/C14H21N3O3/c1-3-9-4-11(12(5-9)14(19)20)13(18)17-8(2)10-6-15-16-7-10/h6-9,11-12H,3-5H2,1-2H3,(H,15,16)(H,17,18)(H,19,20). The summed E-state index contributed by atoms with van der Waals surface area (Å²) in [5.74, 6) is -1.68. The molecule has 0 saturated heterocycles. The Morgan fingerprint density at radius 3 is 2.75 bits per heavy atom. The smallest absolute Gasteiger partial charge is 0.307 e. The van der Waals surface area contributed by atoms with Gasteiger partial charge in [-0.05, 0) is 25.7 Å². The third-order valence-electron chi connectivity index (χ3n) is 4.27. The molecule has 1 saturated carbocycles. The number of amides is 1. The molecule has 1 aromatic rings.